The molecule has 8 nitrogen and oxygen atoms in total. The summed E-state index contributed by atoms with van der Waals surface area (Å²) < 4.78 is 36.2. The number of pyridine rings is 1. The number of carboxylic acid groups (broad SMARTS) is 1. The number of hydrogen-bond donors (Lipinski definition) is 1. The van der Waals surface area contributed by atoms with Crippen molar-refractivity contribution in [1.29, 1.82) is 0 Å². The zero-order chi connectivity index (χ0) is 24.1. The number of fused-ring (bicyclic) bond motifs is 6. The predicted octanol–water partition coefficient (Wildman–Crippen LogP) is 3.49. The Hall–Kier alpha value is -2.81. The second-order valence-corrected chi connectivity index (χ2v) is 11.9. The fraction of sp³-hybridized carbons (Fsp3) is 0.500. The normalized spacial score (nSPS) is 20.5. The third kappa shape index (κ3) is 4.26. The van der Waals surface area contributed by atoms with Crippen molar-refractivity contribution < 1.29 is 27.8 Å². The van der Waals surface area contributed by atoms with E-state index >= 15 is 0 Å². The summed E-state index contributed by atoms with van der Waals surface area (Å²) in [5.74, 6) is -0.0579. The lowest BCUT2D eigenvalue weighted by Crippen LogP contribution is -2.32. The lowest BCUT2D eigenvalue weighted by molar-refractivity contribution is 0.0693. The van der Waals surface area contributed by atoms with Gasteiger partial charge in [-0.2, -0.15) is 0 Å². The minimum absolute atomic E-state index is 0.00909. The molecular weight excluding hydrogens is 446 g/mol. The van der Waals surface area contributed by atoms with Crippen molar-refractivity contribution >= 4 is 15.8 Å². The van der Waals surface area contributed by atoms with Gasteiger partial charge in [-0.1, -0.05) is 13.8 Å². The number of nitrogens with zero attached hydrogens (tertiary/aromatic N) is 1. The molecule has 0 bridgehead atoms. The van der Waals surface area contributed by atoms with Crippen molar-refractivity contribution in [3.8, 4) is 22.8 Å². The van der Waals surface area contributed by atoms with Crippen molar-refractivity contribution in [2.75, 3.05) is 25.7 Å². The monoisotopic (exact) mass is 475 g/mol. The van der Waals surface area contributed by atoms with E-state index in [1.54, 1.807) is 0 Å². The first-order valence-corrected chi connectivity index (χ1v) is 13.0. The average Bonchev–Trinajstić information content (AvgIpc) is 3.05. The molecule has 1 aromatic heterocycles. The fourth-order valence-electron chi connectivity index (χ4n) is 5.31. The Morgan fingerprint density at radius 3 is 2.61 bits per heavy atom. The summed E-state index contributed by atoms with van der Waals surface area (Å²) >= 11 is 0. The van der Waals surface area contributed by atoms with Gasteiger partial charge in [0.05, 0.1) is 25.2 Å². The Morgan fingerprint density at radius 1 is 1.24 bits per heavy atom. The number of methoxy groups -OCH3 is 1. The smallest absolute Gasteiger partial charge is 0.341 e. The Bertz CT molecular complexity index is 1280. The number of carbonyl (C=O) groups is 1. The van der Waals surface area contributed by atoms with E-state index in [0.717, 1.165) is 24.0 Å². The van der Waals surface area contributed by atoms with Crippen LogP contribution in [0.1, 0.15) is 61.0 Å². The molecule has 0 spiro atoms. The van der Waals surface area contributed by atoms with Crippen LogP contribution >= 0.6 is 0 Å². The largest absolute Gasteiger partial charge is 0.493 e. The number of rotatable bonds is 7. The van der Waals surface area contributed by atoms with Gasteiger partial charge in [-0.3, -0.25) is 4.79 Å². The SMILES string of the molecule is COc1cc2c(cc1OCCCS(C)(=O)=O)[C@@H]1CCC(C)(C)[C@@H]1n1cc(C(=O)O)c(=O)cc1-2. The number of carboxylic acids is 1. The molecule has 178 valence electrons. The number of hydrogen-bond acceptors (Lipinski definition) is 6. The number of aromatic carboxylic acids is 1. The maximum Gasteiger partial charge on any atom is 0.341 e. The molecule has 1 aromatic carbocycles. The van der Waals surface area contributed by atoms with E-state index in [0.29, 0.717) is 23.6 Å². The second kappa shape index (κ2) is 8.20. The Labute approximate surface area is 193 Å². The maximum atomic E-state index is 12.6. The number of ether oxygens (including phenoxy) is 2. The Balaban J connectivity index is 1.82. The molecule has 2 atom stereocenters. The number of sulfone groups is 1. The predicted molar refractivity (Wildman–Crippen MR) is 124 cm³/mol. The molecule has 9 heteroatoms. The van der Waals surface area contributed by atoms with Crippen LogP contribution in [-0.2, 0) is 9.84 Å². The molecule has 1 N–H and O–H groups in total. The van der Waals surface area contributed by atoms with Crippen LogP contribution in [0.5, 0.6) is 11.5 Å². The first kappa shape index (κ1) is 23.4. The summed E-state index contributed by atoms with van der Waals surface area (Å²) in [6.07, 6.45) is 4.92. The van der Waals surface area contributed by atoms with Gasteiger partial charge in [0.25, 0.3) is 0 Å². The highest BCUT2D eigenvalue weighted by Gasteiger charge is 2.47. The minimum Gasteiger partial charge on any atom is -0.493 e. The van der Waals surface area contributed by atoms with Gasteiger partial charge in [-0.25, -0.2) is 13.2 Å². The van der Waals surface area contributed by atoms with Crippen LogP contribution in [0.25, 0.3) is 11.3 Å². The van der Waals surface area contributed by atoms with Crippen molar-refractivity contribution in [1.82, 2.24) is 4.57 Å². The van der Waals surface area contributed by atoms with Crippen LogP contribution in [0.3, 0.4) is 0 Å². The van der Waals surface area contributed by atoms with E-state index in [1.807, 2.05) is 16.7 Å². The Kier molecular flexibility index (Phi) is 5.80. The van der Waals surface area contributed by atoms with Crippen LogP contribution in [-0.4, -0.2) is 49.8 Å². The first-order chi connectivity index (χ1) is 15.4. The summed E-state index contributed by atoms with van der Waals surface area (Å²) in [6.45, 7) is 4.56. The molecule has 4 rings (SSSR count). The fourth-order valence-corrected chi connectivity index (χ4v) is 5.95. The van der Waals surface area contributed by atoms with Gasteiger partial charge in [-0.05, 0) is 42.4 Å². The quantitative estimate of drug-likeness (QED) is 0.610. The van der Waals surface area contributed by atoms with Gasteiger partial charge in [0, 0.05) is 36.0 Å². The molecule has 1 saturated carbocycles. The first-order valence-electron chi connectivity index (χ1n) is 11.0. The van der Waals surface area contributed by atoms with Gasteiger partial charge in [0.1, 0.15) is 15.4 Å². The van der Waals surface area contributed by atoms with E-state index in [4.69, 9.17) is 9.47 Å². The van der Waals surface area contributed by atoms with Crippen molar-refractivity contribution in [3.63, 3.8) is 0 Å². The van der Waals surface area contributed by atoms with Gasteiger partial charge in [-0.15, -0.1) is 0 Å². The Morgan fingerprint density at radius 2 is 1.97 bits per heavy atom. The van der Waals surface area contributed by atoms with Gasteiger partial charge >= 0.3 is 5.97 Å². The molecular formula is C24H29NO7S. The lowest BCUT2D eigenvalue weighted by atomic mass is 9.77. The van der Waals surface area contributed by atoms with Gasteiger partial charge in [0.15, 0.2) is 16.9 Å². The highest BCUT2D eigenvalue weighted by atomic mass is 32.2. The van der Waals surface area contributed by atoms with Gasteiger partial charge < -0.3 is 19.1 Å². The number of aromatic nitrogens is 1. The van der Waals surface area contributed by atoms with Crippen molar-refractivity contribution in [2.24, 2.45) is 5.41 Å². The molecule has 2 aliphatic rings. The van der Waals surface area contributed by atoms with Crippen LogP contribution in [0, 0.1) is 5.41 Å². The number of benzene rings is 1. The van der Waals surface area contributed by atoms with Crippen LogP contribution in [0.15, 0.2) is 29.2 Å². The summed E-state index contributed by atoms with van der Waals surface area (Å²) in [5, 5.41) is 9.52. The van der Waals surface area contributed by atoms with E-state index in [2.05, 4.69) is 13.8 Å². The van der Waals surface area contributed by atoms with Crippen LogP contribution in [0.2, 0.25) is 0 Å². The highest BCUT2D eigenvalue weighted by Crippen LogP contribution is 2.59. The summed E-state index contributed by atoms with van der Waals surface area (Å²) in [4.78, 5) is 24.2. The second-order valence-electron chi connectivity index (χ2n) is 9.65. The zero-order valence-electron chi connectivity index (χ0n) is 19.3. The molecule has 0 radical (unpaired) electrons. The molecule has 1 fully saturated rings. The van der Waals surface area contributed by atoms with E-state index < -0.39 is 21.2 Å². The third-order valence-electron chi connectivity index (χ3n) is 6.82. The summed E-state index contributed by atoms with van der Waals surface area (Å²) in [7, 11) is -1.54. The molecule has 1 aliphatic heterocycles. The van der Waals surface area contributed by atoms with Crippen LogP contribution in [0.4, 0.5) is 0 Å². The zero-order valence-corrected chi connectivity index (χ0v) is 20.1. The molecule has 0 amide bonds. The molecule has 33 heavy (non-hydrogen) atoms. The highest BCUT2D eigenvalue weighted by molar-refractivity contribution is 7.90. The van der Waals surface area contributed by atoms with E-state index in [9.17, 15) is 23.1 Å². The topological polar surface area (TPSA) is 112 Å². The van der Waals surface area contributed by atoms with Crippen molar-refractivity contribution in [3.05, 3.63) is 45.7 Å². The lowest BCUT2D eigenvalue weighted by Gasteiger charge is -2.40. The molecule has 1 aliphatic carbocycles. The standard InChI is InChI=1S/C24H29NO7S/c1-24(2)7-6-14-15-10-21(32-8-5-9-33(4,29)30)20(31-3)11-16(15)18-12-19(26)17(23(27)28)13-25(18)22(14)24/h10-14,22H,5-9H2,1-4H3,(H,27,28)/t14-,22+/m0/s1. The summed E-state index contributed by atoms with van der Waals surface area (Å²) in [5.41, 5.74) is 1.65. The average molecular weight is 476 g/mol. The summed E-state index contributed by atoms with van der Waals surface area (Å²) in [6, 6.07) is 5.16. The molecule has 2 aromatic rings. The van der Waals surface area contributed by atoms with E-state index in [1.165, 1.54) is 25.6 Å². The van der Waals surface area contributed by atoms with E-state index in [-0.39, 0.29) is 35.3 Å². The maximum absolute atomic E-state index is 12.6. The van der Waals surface area contributed by atoms with Gasteiger partial charge in [0.2, 0.25) is 0 Å². The third-order valence-corrected chi connectivity index (χ3v) is 7.85. The van der Waals surface area contributed by atoms with Crippen LogP contribution < -0.4 is 14.9 Å². The molecule has 0 unspecified atom stereocenters. The molecule has 0 saturated heterocycles. The van der Waals surface area contributed by atoms with Crippen molar-refractivity contribution in [2.45, 2.75) is 45.1 Å². The molecule has 2 heterocycles. The minimum atomic E-state index is -3.07.